The van der Waals surface area contributed by atoms with Crippen molar-refractivity contribution in [1.29, 1.82) is 0 Å². The lowest BCUT2D eigenvalue weighted by Gasteiger charge is -2.32. The van der Waals surface area contributed by atoms with Crippen molar-refractivity contribution in [3.05, 3.63) is 154 Å². The Labute approximate surface area is 323 Å². The molecule has 0 aromatic heterocycles. The molecule has 0 saturated carbocycles. The minimum Gasteiger partial charge on any atom is -0.485 e. The van der Waals surface area contributed by atoms with Crippen molar-refractivity contribution < 1.29 is 23.7 Å². The average molecular weight is 733 g/mol. The molecule has 1 aliphatic rings. The van der Waals surface area contributed by atoms with Crippen LogP contribution in [0.15, 0.2) is 138 Å². The fourth-order valence-corrected chi connectivity index (χ4v) is 6.25. The van der Waals surface area contributed by atoms with Gasteiger partial charge >= 0.3 is 0 Å². The Morgan fingerprint density at radius 2 is 1.41 bits per heavy atom. The average Bonchev–Trinajstić information content (AvgIpc) is 3.16. The van der Waals surface area contributed by atoms with Crippen molar-refractivity contribution in [3.63, 3.8) is 0 Å². The van der Waals surface area contributed by atoms with Gasteiger partial charge in [-0.2, -0.15) is 0 Å². The molecule has 2 N–H and O–H groups in total. The number of rotatable bonds is 22. The van der Waals surface area contributed by atoms with Crippen LogP contribution in [0.4, 0.5) is 0 Å². The molecule has 1 amide bonds. The fraction of sp³-hybridized carbons (Fsp3) is 0.383. The molecule has 0 fully saturated rings. The molecule has 0 saturated heterocycles. The number of amides is 1. The van der Waals surface area contributed by atoms with Gasteiger partial charge in [0, 0.05) is 25.7 Å². The van der Waals surface area contributed by atoms with E-state index < -0.39 is 0 Å². The monoisotopic (exact) mass is 732 g/mol. The first kappa shape index (κ1) is 42.1. The molecule has 3 aromatic carbocycles. The number of benzene rings is 3. The lowest BCUT2D eigenvalue weighted by molar-refractivity contribution is -0.116. The van der Waals surface area contributed by atoms with Crippen molar-refractivity contribution in [2.24, 2.45) is 5.41 Å². The summed E-state index contributed by atoms with van der Waals surface area (Å²) in [5, 5.41) is 6.31. The molecule has 0 bridgehead atoms. The van der Waals surface area contributed by atoms with Gasteiger partial charge in [-0.05, 0) is 85.4 Å². The van der Waals surface area contributed by atoms with Gasteiger partial charge in [0.1, 0.15) is 13.2 Å². The Morgan fingerprint density at radius 1 is 0.759 bits per heavy atom. The lowest BCUT2D eigenvalue weighted by Crippen LogP contribution is -2.26. The molecule has 4 rings (SSSR count). The van der Waals surface area contributed by atoms with Gasteiger partial charge in [0.25, 0.3) is 0 Å². The van der Waals surface area contributed by atoms with Crippen LogP contribution < -0.4 is 20.1 Å². The maximum Gasteiger partial charge on any atom is 0.244 e. The molecule has 7 heteroatoms. The third-order valence-electron chi connectivity index (χ3n) is 9.28. The zero-order chi connectivity index (χ0) is 38.4. The SMILES string of the molecule is CC(C=CC1=C(C)CCCC1(C)C)=CC=CC(C)=CC(=O)NCCOCCOCCNCc1ccc(OCc2ccccc2)c(OCc2ccccc2)c1. The highest BCUT2D eigenvalue weighted by atomic mass is 16.5. The minimum atomic E-state index is -0.130. The minimum absolute atomic E-state index is 0.130. The summed E-state index contributed by atoms with van der Waals surface area (Å²) in [6.07, 6.45) is 15.8. The third-order valence-corrected chi connectivity index (χ3v) is 9.28. The van der Waals surface area contributed by atoms with E-state index in [1.165, 1.54) is 36.0 Å². The second kappa shape index (κ2) is 23.2. The second-order valence-electron chi connectivity index (χ2n) is 14.4. The predicted octanol–water partition coefficient (Wildman–Crippen LogP) is 9.62. The van der Waals surface area contributed by atoms with Crippen LogP contribution in [0.2, 0.25) is 0 Å². The summed E-state index contributed by atoms with van der Waals surface area (Å²) < 4.78 is 23.7. The van der Waals surface area contributed by atoms with Crippen LogP contribution in [-0.4, -0.2) is 45.4 Å². The van der Waals surface area contributed by atoms with E-state index in [1.807, 2.05) is 79.7 Å². The maximum atomic E-state index is 12.3. The van der Waals surface area contributed by atoms with E-state index in [0.717, 1.165) is 33.8 Å². The van der Waals surface area contributed by atoms with E-state index in [9.17, 15) is 4.79 Å². The van der Waals surface area contributed by atoms with Gasteiger partial charge in [0.2, 0.25) is 5.91 Å². The molecule has 0 aliphatic heterocycles. The van der Waals surface area contributed by atoms with E-state index in [4.69, 9.17) is 18.9 Å². The second-order valence-corrected chi connectivity index (χ2v) is 14.4. The molecule has 0 radical (unpaired) electrons. The van der Waals surface area contributed by atoms with E-state index in [0.29, 0.717) is 59.3 Å². The van der Waals surface area contributed by atoms with Gasteiger partial charge in [-0.1, -0.05) is 122 Å². The summed E-state index contributed by atoms with van der Waals surface area (Å²) in [5.74, 6) is 1.31. The molecule has 7 nitrogen and oxygen atoms in total. The first-order chi connectivity index (χ1) is 26.2. The van der Waals surface area contributed by atoms with Crippen LogP contribution >= 0.6 is 0 Å². The van der Waals surface area contributed by atoms with Gasteiger partial charge < -0.3 is 29.6 Å². The van der Waals surface area contributed by atoms with Crippen molar-refractivity contribution in [3.8, 4) is 11.5 Å². The van der Waals surface area contributed by atoms with Crippen LogP contribution in [0, 0.1) is 5.41 Å². The quantitative estimate of drug-likeness (QED) is 0.0609. The largest absolute Gasteiger partial charge is 0.485 e. The highest BCUT2D eigenvalue weighted by molar-refractivity contribution is 5.88. The van der Waals surface area contributed by atoms with Crippen LogP contribution in [-0.2, 0) is 34.0 Å². The predicted molar refractivity (Wildman–Crippen MR) is 220 cm³/mol. The smallest absolute Gasteiger partial charge is 0.244 e. The summed E-state index contributed by atoms with van der Waals surface area (Å²) in [7, 11) is 0. The fourth-order valence-electron chi connectivity index (χ4n) is 6.25. The topological polar surface area (TPSA) is 78.1 Å². The Hall–Kier alpha value is -4.69. The molecule has 0 unspecified atom stereocenters. The van der Waals surface area contributed by atoms with Crippen molar-refractivity contribution in [2.45, 2.75) is 73.6 Å². The lowest BCUT2D eigenvalue weighted by atomic mass is 9.72. The summed E-state index contributed by atoms with van der Waals surface area (Å²) in [6, 6.07) is 26.3. The highest BCUT2D eigenvalue weighted by Gasteiger charge is 2.26. The number of carbonyl (C=O) groups excluding carboxylic acids is 1. The van der Waals surface area contributed by atoms with E-state index in [-0.39, 0.29) is 11.3 Å². The zero-order valence-corrected chi connectivity index (χ0v) is 33.0. The van der Waals surface area contributed by atoms with Crippen LogP contribution in [0.5, 0.6) is 11.5 Å². The van der Waals surface area contributed by atoms with Crippen LogP contribution in [0.1, 0.15) is 70.6 Å². The Kier molecular flexibility index (Phi) is 18.0. The molecule has 54 heavy (non-hydrogen) atoms. The molecular formula is C47H60N2O5. The molecule has 1 aliphatic carbocycles. The summed E-state index contributed by atoms with van der Waals surface area (Å²) in [4.78, 5) is 12.3. The Bertz CT molecular complexity index is 1740. The number of ether oxygens (including phenoxy) is 4. The van der Waals surface area contributed by atoms with Crippen LogP contribution in [0.25, 0.3) is 0 Å². The normalized spacial score (nSPS) is 14.9. The first-order valence-electron chi connectivity index (χ1n) is 19.2. The van der Waals surface area contributed by atoms with Crippen molar-refractivity contribution >= 4 is 5.91 Å². The Morgan fingerprint density at radius 3 is 2.07 bits per heavy atom. The van der Waals surface area contributed by atoms with Gasteiger partial charge in [0.15, 0.2) is 11.5 Å². The molecule has 0 atom stereocenters. The number of hydrogen-bond donors (Lipinski definition) is 2. The van der Waals surface area contributed by atoms with Gasteiger partial charge in [-0.3, -0.25) is 4.79 Å². The number of nitrogens with one attached hydrogen (secondary N) is 2. The van der Waals surface area contributed by atoms with Gasteiger partial charge in [0.05, 0.1) is 26.4 Å². The molecule has 3 aromatic rings. The summed E-state index contributed by atoms with van der Waals surface area (Å²) in [6.45, 7) is 15.6. The molecule has 0 spiro atoms. The van der Waals surface area contributed by atoms with Crippen LogP contribution in [0.3, 0.4) is 0 Å². The summed E-state index contributed by atoms with van der Waals surface area (Å²) in [5.41, 5.74) is 8.55. The maximum absolute atomic E-state index is 12.3. The van der Waals surface area contributed by atoms with Gasteiger partial charge in [-0.15, -0.1) is 0 Å². The first-order valence-corrected chi connectivity index (χ1v) is 19.2. The van der Waals surface area contributed by atoms with E-state index >= 15 is 0 Å². The highest BCUT2D eigenvalue weighted by Crippen LogP contribution is 2.40. The molecular weight excluding hydrogens is 673 g/mol. The molecule has 288 valence electrons. The van der Waals surface area contributed by atoms with Crippen molar-refractivity contribution in [2.75, 3.05) is 39.5 Å². The summed E-state index contributed by atoms with van der Waals surface area (Å²) >= 11 is 0. The number of carbonyl (C=O) groups is 1. The zero-order valence-electron chi connectivity index (χ0n) is 33.0. The van der Waals surface area contributed by atoms with Gasteiger partial charge in [-0.25, -0.2) is 0 Å². The Balaban J connectivity index is 1.07. The van der Waals surface area contributed by atoms with E-state index in [1.54, 1.807) is 6.08 Å². The van der Waals surface area contributed by atoms with E-state index in [2.05, 4.69) is 74.8 Å². The standard InChI is InChI=1S/C47H60N2O5/c1-37(21-23-43-39(3)16-13-25-47(43,4)5)14-12-15-38(2)32-46(50)49-27-29-52-31-30-51-28-26-48-34-42-22-24-44(53-35-40-17-8-6-9-18-40)45(33-42)54-36-41-19-10-7-11-20-41/h6-12,14-15,17-24,32-33,48H,13,16,25-31,34-36H2,1-5H3,(H,49,50). The van der Waals surface area contributed by atoms with Crippen molar-refractivity contribution in [1.82, 2.24) is 10.6 Å². The molecule has 0 heterocycles. The number of hydrogen-bond acceptors (Lipinski definition) is 6. The number of allylic oxidation sites excluding steroid dienone is 9. The third kappa shape index (κ3) is 15.7.